The minimum atomic E-state index is -2.36. The van der Waals surface area contributed by atoms with Gasteiger partial charge < -0.3 is 18.0 Å². The fourth-order valence-corrected chi connectivity index (χ4v) is 3.62. The molecule has 0 aromatic rings. The second kappa shape index (κ2) is 6.60. The third-order valence-electron chi connectivity index (χ3n) is 2.33. The Kier molecular flexibility index (Phi) is 5.77. The Bertz CT molecular complexity index is 167. The van der Waals surface area contributed by atoms with Gasteiger partial charge in [-0.1, -0.05) is 6.92 Å². The van der Waals surface area contributed by atoms with Gasteiger partial charge in [-0.05, 0) is 20.3 Å². The van der Waals surface area contributed by atoms with Gasteiger partial charge in [0.1, 0.15) is 0 Å². The van der Waals surface area contributed by atoms with Crippen LogP contribution in [0.15, 0.2) is 0 Å². The molecule has 0 aliphatic carbocycles. The number of ether oxygens (including phenoxy) is 1. The van der Waals surface area contributed by atoms with Crippen molar-refractivity contribution in [2.45, 2.75) is 39.3 Å². The van der Waals surface area contributed by atoms with Gasteiger partial charge in [0.15, 0.2) is 0 Å². The van der Waals surface area contributed by atoms with Crippen LogP contribution in [0.5, 0.6) is 0 Å². The highest BCUT2D eigenvalue weighted by Gasteiger charge is 2.38. The number of hydrogen-bond acceptors (Lipinski definition) is 4. The Balaban J connectivity index is 2.29. The van der Waals surface area contributed by atoms with E-state index in [2.05, 4.69) is 6.92 Å². The fourth-order valence-electron chi connectivity index (χ4n) is 1.45. The van der Waals surface area contributed by atoms with Gasteiger partial charge in [0.2, 0.25) is 0 Å². The molecule has 0 aromatic heterocycles. The molecule has 0 N–H and O–H groups in total. The second-order valence-corrected chi connectivity index (χ2v) is 6.43. The minimum absolute atomic E-state index is 0.414. The summed E-state index contributed by atoms with van der Waals surface area (Å²) >= 11 is 0. The lowest BCUT2D eigenvalue weighted by molar-refractivity contribution is 0.0658. The lowest BCUT2D eigenvalue weighted by atomic mass is 10.4. The average Bonchev–Trinajstić information content (AvgIpc) is 3.02. The van der Waals surface area contributed by atoms with Crippen LogP contribution in [0.25, 0.3) is 0 Å². The van der Waals surface area contributed by atoms with Crippen LogP contribution in [0.4, 0.5) is 0 Å². The highest BCUT2D eigenvalue weighted by molar-refractivity contribution is 6.60. The Morgan fingerprint density at radius 1 is 1.13 bits per heavy atom. The first-order valence-electron chi connectivity index (χ1n) is 5.79. The van der Waals surface area contributed by atoms with Gasteiger partial charge in [-0.15, -0.1) is 0 Å². The highest BCUT2D eigenvalue weighted by atomic mass is 28.4. The van der Waals surface area contributed by atoms with E-state index in [1.54, 1.807) is 0 Å². The van der Waals surface area contributed by atoms with E-state index in [0.717, 1.165) is 19.1 Å². The van der Waals surface area contributed by atoms with Crippen molar-refractivity contribution in [2.75, 3.05) is 26.4 Å². The number of epoxide rings is 1. The maximum absolute atomic E-state index is 5.82. The molecule has 1 unspecified atom stereocenters. The molecule has 0 saturated carbocycles. The molecule has 0 aromatic carbocycles. The molecule has 1 heterocycles. The molecule has 1 aliphatic rings. The smallest absolute Gasteiger partial charge is 0.374 e. The molecule has 1 atom stereocenters. The largest absolute Gasteiger partial charge is 0.500 e. The summed E-state index contributed by atoms with van der Waals surface area (Å²) in [7, 11) is -2.36. The maximum Gasteiger partial charge on any atom is 0.500 e. The number of hydrogen-bond donors (Lipinski definition) is 0. The summed E-state index contributed by atoms with van der Waals surface area (Å²) in [6, 6.07) is 0.834. The third-order valence-corrected chi connectivity index (χ3v) is 5.29. The molecule has 90 valence electrons. The van der Waals surface area contributed by atoms with Gasteiger partial charge in [-0.25, -0.2) is 0 Å². The maximum atomic E-state index is 5.82. The average molecular weight is 234 g/mol. The third kappa shape index (κ3) is 4.61. The summed E-state index contributed by atoms with van der Waals surface area (Å²) in [6.45, 7) is 8.89. The van der Waals surface area contributed by atoms with Crippen molar-refractivity contribution >= 4 is 8.80 Å². The van der Waals surface area contributed by atoms with E-state index in [-0.39, 0.29) is 0 Å². The van der Waals surface area contributed by atoms with Crippen molar-refractivity contribution in [3.8, 4) is 0 Å². The lowest BCUT2D eigenvalue weighted by Crippen LogP contribution is -2.45. The Hall–Kier alpha value is 0.0569. The normalized spacial score (nSPS) is 20.6. The van der Waals surface area contributed by atoms with E-state index in [1.165, 1.54) is 0 Å². The fraction of sp³-hybridized carbons (Fsp3) is 1.00. The minimum Gasteiger partial charge on any atom is -0.374 e. The van der Waals surface area contributed by atoms with Crippen molar-refractivity contribution in [1.29, 1.82) is 0 Å². The molecular weight excluding hydrogens is 212 g/mol. The van der Waals surface area contributed by atoms with Crippen LogP contribution in [0.3, 0.4) is 0 Å². The van der Waals surface area contributed by atoms with Gasteiger partial charge in [0.25, 0.3) is 0 Å². The first kappa shape index (κ1) is 13.1. The van der Waals surface area contributed by atoms with Crippen molar-refractivity contribution < 1.29 is 18.0 Å². The Morgan fingerprint density at radius 3 is 2.13 bits per heavy atom. The van der Waals surface area contributed by atoms with Gasteiger partial charge in [-0.3, -0.25) is 0 Å². The zero-order chi connectivity index (χ0) is 11.1. The van der Waals surface area contributed by atoms with E-state index < -0.39 is 8.80 Å². The monoisotopic (exact) mass is 234 g/mol. The summed E-state index contributed by atoms with van der Waals surface area (Å²) in [5.41, 5.74) is 0. The van der Waals surface area contributed by atoms with Crippen molar-refractivity contribution in [1.82, 2.24) is 0 Å². The quantitative estimate of drug-likeness (QED) is 0.451. The Morgan fingerprint density at radius 2 is 1.73 bits per heavy atom. The highest BCUT2D eigenvalue weighted by Crippen LogP contribution is 2.18. The molecule has 0 spiro atoms. The van der Waals surface area contributed by atoms with Gasteiger partial charge in [0, 0.05) is 25.9 Å². The zero-order valence-corrected chi connectivity index (χ0v) is 11.0. The van der Waals surface area contributed by atoms with Crippen LogP contribution in [0, 0.1) is 0 Å². The Labute approximate surface area is 93.2 Å². The van der Waals surface area contributed by atoms with Crippen LogP contribution in [-0.4, -0.2) is 41.3 Å². The van der Waals surface area contributed by atoms with E-state index in [0.29, 0.717) is 25.9 Å². The van der Waals surface area contributed by atoms with Crippen LogP contribution >= 0.6 is 0 Å². The molecular formula is C10H22O4Si. The summed E-state index contributed by atoms with van der Waals surface area (Å²) in [5.74, 6) is 0. The van der Waals surface area contributed by atoms with E-state index in [1.807, 2.05) is 13.8 Å². The lowest BCUT2D eigenvalue weighted by Gasteiger charge is -2.27. The van der Waals surface area contributed by atoms with Crippen molar-refractivity contribution in [3.63, 3.8) is 0 Å². The zero-order valence-electron chi connectivity index (χ0n) is 9.95. The molecule has 0 radical (unpaired) electrons. The summed E-state index contributed by atoms with van der Waals surface area (Å²) in [4.78, 5) is 0. The molecule has 5 heteroatoms. The topological polar surface area (TPSA) is 40.2 Å². The first-order chi connectivity index (χ1) is 7.26. The predicted octanol–water partition coefficient (Wildman–Crippen LogP) is 1.82. The molecule has 15 heavy (non-hydrogen) atoms. The standard InChI is InChI=1S/C10H22O4Si/c1-4-12-15(6-3,13-5-2)14-8-7-10-9-11-10/h10H,4-9H2,1-3H3. The van der Waals surface area contributed by atoms with Gasteiger partial charge in [0.05, 0.1) is 12.7 Å². The van der Waals surface area contributed by atoms with Crippen LogP contribution in [-0.2, 0) is 18.0 Å². The van der Waals surface area contributed by atoms with Gasteiger partial charge >= 0.3 is 8.80 Å². The molecule has 1 rings (SSSR count). The van der Waals surface area contributed by atoms with Gasteiger partial charge in [-0.2, -0.15) is 0 Å². The molecule has 1 fully saturated rings. The van der Waals surface area contributed by atoms with E-state index in [9.17, 15) is 0 Å². The summed E-state index contributed by atoms with van der Waals surface area (Å²) in [6.07, 6.45) is 1.37. The molecule has 0 amide bonds. The van der Waals surface area contributed by atoms with Crippen molar-refractivity contribution in [2.24, 2.45) is 0 Å². The van der Waals surface area contributed by atoms with Crippen LogP contribution in [0.1, 0.15) is 27.2 Å². The van der Waals surface area contributed by atoms with E-state index in [4.69, 9.17) is 18.0 Å². The number of rotatable bonds is 9. The van der Waals surface area contributed by atoms with Crippen LogP contribution < -0.4 is 0 Å². The van der Waals surface area contributed by atoms with Crippen LogP contribution in [0.2, 0.25) is 6.04 Å². The SMILES string of the molecule is CCO[Si](CC)(OCC)OCCC1CO1. The molecule has 1 aliphatic heterocycles. The van der Waals surface area contributed by atoms with E-state index >= 15 is 0 Å². The van der Waals surface area contributed by atoms with Crippen molar-refractivity contribution in [3.05, 3.63) is 0 Å². The molecule has 4 nitrogen and oxygen atoms in total. The summed E-state index contributed by atoms with van der Waals surface area (Å²) < 4.78 is 22.3. The first-order valence-corrected chi connectivity index (χ1v) is 7.73. The summed E-state index contributed by atoms with van der Waals surface area (Å²) in [5, 5.41) is 0. The molecule has 0 bridgehead atoms. The molecule has 1 saturated heterocycles. The predicted molar refractivity (Wildman–Crippen MR) is 59.8 cm³/mol. The second-order valence-electron chi connectivity index (χ2n) is 3.50.